The summed E-state index contributed by atoms with van der Waals surface area (Å²) in [6.07, 6.45) is 2.56. The van der Waals surface area contributed by atoms with Crippen LogP contribution in [0.2, 0.25) is 0 Å². The Bertz CT molecular complexity index is 570. The number of anilines is 2. The average molecular weight is 291 g/mol. The molecule has 6 heteroatoms. The Morgan fingerprint density at radius 3 is 2.95 bits per heavy atom. The summed E-state index contributed by atoms with van der Waals surface area (Å²) < 4.78 is 5.65. The quantitative estimate of drug-likeness (QED) is 0.878. The lowest BCUT2D eigenvalue weighted by Crippen LogP contribution is -2.19. The van der Waals surface area contributed by atoms with Crippen molar-refractivity contribution < 1.29 is 9.53 Å². The number of urea groups is 1. The molecule has 1 heterocycles. The average Bonchev–Trinajstić information content (AvgIpc) is 2.91. The second kappa shape index (κ2) is 6.91. The molecule has 0 spiro atoms. The van der Waals surface area contributed by atoms with E-state index in [0.717, 1.165) is 12.0 Å². The number of ether oxygens (including phenoxy) is 1. The normalized spacial score (nSPS) is 10.1. The lowest BCUT2D eigenvalue weighted by molar-refractivity contribution is 0.262. The van der Waals surface area contributed by atoms with E-state index in [1.165, 1.54) is 11.3 Å². The third kappa shape index (κ3) is 3.96. The van der Waals surface area contributed by atoms with Gasteiger partial charge in [-0.05, 0) is 31.0 Å². The molecule has 0 fully saturated rings. The summed E-state index contributed by atoms with van der Waals surface area (Å²) in [5, 5.41) is 7.81. The number of amides is 2. The van der Waals surface area contributed by atoms with Gasteiger partial charge in [0.2, 0.25) is 0 Å². The number of carbonyl (C=O) groups is 1. The fourth-order valence-corrected chi connectivity index (χ4v) is 2.12. The summed E-state index contributed by atoms with van der Waals surface area (Å²) in [4.78, 5) is 15.9. The first-order valence-corrected chi connectivity index (χ1v) is 7.28. The third-order valence-corrected chi connectivity index (χ3v) is 3.19. The van der Waals surface area contributed by atoms with Crippen LogP contribution in [-0.4, -0.2) is 17.6 Å². The van der Waals surface area contributed by atoms with Crippen LogP contribution in [-0.2, 0) is 0 Å². The molecule has 0 bridgehead atoms. The molecule has 106 valence electrons. The fourth-order valence-electron chi connectivity index (χ4n) is 1.60. The van der Waals surface area contributed by atoms with Crippen LogP contribution >= 0.6 is 11.3 Å². The monoisotopic (exact) mass is 291 g/mol. The Morgan fingerprint density at radius 2 is 2.25 bits per heavy atom. The van der Waals surface area contributed by atoms with E-state index in [4.69, 9.17) is 4.74 Å². The Kier molecular flexibility index (Phi) is 4.95. The number of nitrogens with one attached hydrogen (secondary N) is 2. The molecule has 1 aromatic heterocycles. The first-order valence-electron chi connectivity index (χ1n) is 6.40. The second-order valence-electron chi connectivity index (χ2n) is 4.26. The number of hydrogen-bond donors (Lipinski definition) is 2. The molecule has 0 aliphatic heterocycles. The molecule has 0 radical (unpaired) electrons. The van der Waals surface area contributed by atoms with Crippen molar-refractivity contribution in [1.29, 1.82) is 0 Å². The van der Waals surface area contributed by atoms with Crippen molar-refractivity contribution in [3.8, 4) is 5.75 Å². The van der Waals surface area contributed by atoms with Crippen LogP contribution in [0.15, 0.2) is 29.8 Å². The summed E-state index contributed by atoms with van der Waals surface area (Å²) in [7, 11) is 0. The lowest BCUT2D eigenvalue weighted by Gasteiger charge is -2.13. The highest BCUT2D eigenvalue weighted by molar-refractivity contribution is 7.13. The highest BCUT2D eigenvalue weighted by Crippen LogP contribution is 2.26. The predicted octanol–water partition coefficient (Wildman–Crippen LogP) is 3.88. The van der Waals surface area contributed by atoms with Gasteiger partial charge in [-0.2, -0.15) is 0 Å². The molecule has 0 aliphatic carbocycles. The predicted molar refractivity (Wildman–Crippen MR) is 81.7 cm³/mol. The van der Waals surface area contributed by atoms with Gasteiger partial charge >= 0.3 is 6.03 Å². The zero-order valence-electron chi connectivity index (χ0n) is 11.5. The van der Waals surface area contributed by atoms with Gasteiger partial charge < -0.3 is 10.1 Å². The standard InChI is InChI=1S/C14H17N3O2S/c1-3-7-19-12-9-10(2)4-5-11(12)16-13(18)17-14-15-6-8-20-14/h4-6,8-9H,3,7H2,1-2H3,(H2,15,16,17,18). The number of rotatable bonds is 5. The van der Waals surface area contributed by atoms with Crippen LogP contribution in [0.5, 0.6) is 5.75 Å². The van der Waals surface area contributed by atoms with E-state index in [-0.39, 0.29) is 6.03 Å². The maximum atomic E-state index is 11.9. The Balaban J connectivity index is 2.05. The SMILES string of the molecule is CCCOc1cc(C)ccc1NC(=O)Nc1nccs1. The van der Waals surface area contributed by atoms with Crippen LogP contribution < -0.4 is 15.4 Å². The Labute approximate surface area is 122 Å². The van der Waals surface area contributed by atoms with E-state index in [2.05, 4.69) is 15.6 Å². The van der Waals surface area contributed by atoms with Gasteiger partial charge in [0.05, 0.1) is 12.3 Å². The van der Waals surface area contributed by atoms with Crippen molar-refractivity contribution in [2.75, 3.05) is 17.2 Å². The zero-order chi connectivity index (χ0) is 14.4. The number of carbonyl (C=O) groups excluding carboxylic acids is 1. The molecule has 0 aliphatic rings. The first-order chi connectivity index (χ1) is 9.69. The van der Waals surface area contributed by atoms with Crippen molar-refractivity contribution in [3.63, 3.8) is 0 Å². The van der Waals surface area contributed by atoms with Crippen LogP contribution in [0, 0.1) is 6.92 Å². The summed E-state index contributed by atoms with van der Waals surface area (Å²) in [6, 6.07) is 5.35. The van der Waals surface area contributed by atoms with Crippen LogP contribution in [0.3, 0.4) is 0 Å². The van der Waals surface area contributed by atoms with E-state index in [9.17, 15) is 4.79 Å². The highest BCUT2D eigenvalue weighted by Gasteiger charge is 2.09. The van der Waals surface area contributed by atoms with Crippen LogP contribution in [0.25, 0.3) is 0 Å². The van der Waals surface area contributed by atoms with Crippen molar-refractivity contribution in [2.24, 2.45) is 0 Å². The molecule has 2 N–H and O–H groups in total. The molecule has 0 saturated carbocycles. The molecule has 0 unspecified atom stereocenters. The number of nitrogens with zero attached hydrogens (tertiary/aromatic N) is 1. The van der Waals surface area contributed by atoms with Gasteiger partial charge in [0.25, 0.3) is 0 Å². The van der Waals surface area contributed by atoms with Crippen molar-refractivity contribution >= 4 is 28.2 Å². The van der Waals surface area contributed by atoms with Gasteiger partial charge in [-0.15, -0.1) is 11.3 Å². The molecule has 0 atom stereocenters. The van der Waals surface area contributed by atoms with Crippen LogP contribution in [0.4, 0.5) is 15.6 Å². The van der Waals surface area contributed by atoms with E-state index in [1.807, 2.05) is 32.0 Å². The topological polar surface area (TPSA) is 63.2 Å². The fraction of sp³-hybridized carbons (Fsp3) is 0.286. The third-order valence-electron chi connectivity index (χ3n) is 2.50. The van der Waals surface area contributed by atoms with Gasteiger partial charge in [0.1, 0.15) is 5.75 Å². The summed E-state index contributed by atoms with van der Waals surface area (Å²) in [5.74, 6) is 0.682. The number of benzene rings is 1. The largest absolute Gasteiger partial charge is 0.491 e. The first kappa shape index (κ1) is 14.3. The smallest absolute Gasteiger partial charge is 0.325 e. The van der Waals surface area contributed by atoms with Gasteiger partial charge in [0.15, 0.2) is 5.13 Å². The van der Waals surface area contributed by atoms with Crippen molar-refractivity contribution in [3.05, 3.63) is 35.3 Å². The van der Waals surface area contributed by atoms with Gasteiger partial charge in [-0.1, -0.05) is 13.0 Å². The highest BCUT2D eigenvalue weighted by atomic mass is 32.1. The van der Waals surface area contributed by atoms with E-state index < -0.39 is 0 Å². The number of aromatic nitrogens is 1. The molecular weight excluding hydrogens is 274 g/mol. The Morgan fingerprint density at radius 1 is 1.40 bits per heavy atom. The molecule has 2 amide bonds. The molecule has 0 saturated heterocycles. The van der Waals surface area contributed by atoms with E-state index in [1.54, 1.807) is 11.6 Å². The van der Waals surface area contributed by atoms with Gasteiger partial charge in [-0.3, -0.25) is 5.32 Å². The summed E-state index contributed by atoms with van der Waals surface area (Å²) in [6.45, 7) is 4.64. The van der Waals surface area contributed by atoms with E-state index in [0.29, 0.717) is 23.2 Å². The molecule has 2 rings (SSSR count). The van der Waals surface area contributed by atoms with E-state index >= 15 is 0 Å². The minimum absolute atomic E-state index is 0.329. The van der Waals surface area contributed by atoms with Crippen molar-refractivity contribution in [1.82, 2.24) is 4.98 Å². The van der Waals surface area contributed by atoms with Gasteiger partial charge in [0, 0.05) is 11.6 Å². The molecule has 2 aromatic rings. The summed E-state index contributed by atoms with van der Waals surface area (Å²) >= 11 is 1.37. The molecule has 1 aromatic carbocycles. The number of aryl methyl sites for hydroxylation is 1. The number of thiazole rings is 1. The minimum atomic E-state index is -0.329. The lowest BCUT2D eigenvalue weighted by atomic mass is 10.2. The second-order valence-corrected chi connectivity index (χ2v) is 5.16. The molecule has 20 heavy (non-hydrogen) atoms. The zero-order valence-corrected chi connectivity index (χ0v) is 12.3. The van der Waals surface area contributed by atoms with Gasteiger partial charge in [-0.25, -0.2) is 9.78 Å². The molecule has 5 nitrogen and oxygen atoms in total. The van der Waals surface area contributed by atoms with Crippen LogP contribution in [0.1, 0.15) is 18.9 Å². The minimum Gasteiger partial charge on any atom is -0.491 e. The number of hydrogen-bond acceptors (Lipinski definition) is 4. The maximum absolute atomic E-state index is 11.9. The molecular formula is C14H17N3O2S. The summed E-state index contributed by atoms with van der Waals surface area (Å²) in [5.41, 5.74) is 1.74. The maximum Gasteiger partial charge on any atom is 0.325 e. The van der Waals surface area contributed by atoms with Crippen molar-refractivity contribution in [2.45, 2.75) is 20.3 Å². The Hall–Kier alpha value is -2.08.